The Hall–Kier alpha value is -3.99. The van der Waals surface area contributed by atoms with Crippen molar-refractivity contribution >= 4 is 56.5 Å². The third-order valence-electron chi connectivity index (χ3n) is 14.9. The molecule has 5 atom stereocenters. The monoisotopic (exact) mass is 1050 g/mol. The number of aromatic nitrogens is 3. The number of nitrogens with zero attached hydrogens (tertiary/aromatic N) is 6. The Morgan fingerprint density at radius 3 is 2.37 bits per heavy atom. The molecule has 5 heterocycles. The van der Waals surface area contributed by atoms with E-state index in [-0.39, 0.29) is 67.4 Å². The highest BCUT2D eigenvalue weighted by Gasteiger charge is 2.54. The largest absolute Gasteiger partial charge is 0.419 e. The van der Waals surface area contributed by atoms with E-state index in [4.69, 9.17) is 0 Å². The van der Waals surface area contributed by atoms with E-state index in [1.54, 1.807) is 46.2 Å². The normalized spacial score (nSPS) is 23.7. The van der Waals surface area contributed by atoms with Gasteiger partial charge in [0, 0.05) is 68.0 Å². The quantitative estimate of drug-likeness (QED) is 0.0945. The second-order valence-electron chi connectivity index (χ2n) is 20.7. The van der Waals surface area contributed by atoms with Gasteiger partial charge in [-0.2, -0.15) is 29.2 Å². The molecule has 1 saturated carbocycles. The van der Waals surface area contributed by atoms with Crippen LogP contribution in [0.2, 0.25) is 0 Å². The van der Waals surface area contributed by atoms with E-state index in [1.807, 2.05) is 32.3 Å². The molecule has 5 aliphatic rings. The highest BCUT2D eigenvalue weighted by atomic mass is 32.2. The molecular formula is C50H67F4N9O5S3. The number of β-amino-alcohol motifs (C(OH)–C–C–N with tert-alkyl or cyclic N) is 1. The standard InChI is InChI=1S/C50H67F4N9O5S3/c1-31-21-36(43-33(3)58-30-69-43)9-10-42(31)32(2)55-26-39-23-40(64)28-63(39)45(65)44(60-46(66)49(51)15-16-49)48(4,5)70-29-34-11-17-61(18-12-34)27-35-7-6-8-41(22-35)71(67,68)62-19-13-38(14-20-62)59-47-56-24-37(25-57-47)50(52,53)54/h6-10,22,24-25,30-32,34,38-40,44,55,64H,11-21,23,26-29H2,1-5H3,(H,60,66)(H,56,57,59)/t31?,32-,39-,40+,44+/m0/s1. The molecule has 388 valence electrons. The van der Waals surface area contributed by atoms with Crippen LogP contribution in [0.15, 0.2) is 64.8 Å². The molecule has 71 heavy (non-hydrogen) atoms. The number of anilines is 1. The molecule has 4 N–H and O–H groups in total. The van der Waals surface area contributed by atoms with Crippen molar-refractivity contribution in [3.63, 3.8) is 0 Å². The maximum Gasteiger partial charge on any atom is 0.419 e. The van der Waals surface area contributed by atoms with Crippen molar-refractivity contribution in [1.29, 1.82) is 0 Å². The van der Waals surface area contributed by atoms with Gasteiger partial charge >= 0.3 is 6.18 Å². The fraction of sp³-hybridized carbons (Fsp3) is 0.620. The minimum absolute atomic E-state index is 0.0203. The summed E-state index contributed by atoms with van der Waals surface area (Å²) in [5, 5.41) is 20.4. The molecule has 3 saturated heterocycles. The predicted molar refractivity (Wildman–Crippen MR) is 269 cm³/mol. The molecule has 14 nitrogen and oxygen atoms in total. The van der Waals surface area contributed by atoms with E-state index in [0.29, 0.717) is 44.2 Å². The van der Waals surface area contributed by atoms with Crippen LogP contribution in [0.5, 0.6) is 0 Å². The van der Waals surface area contributed by atoms with Gasteiger partial charge in [-0.05, 0) is 133 Å². The summed E-state index contributed by atoms with van der Waals surface area (Å²) in [6, 6.07) is 5.48. The number of hydrogen-bond acceptors (Lipinski definition) is 13. The Bertz CT molecular complexity index is 2540. The molecule has 21 heteroatoms. The zero-order valence-corrected chi connectivity index (χ0v) is 43.5. The summed E-state index contributed by atoms with van der Waals surface area (Å²) in [4.78, 5) is 45.4. The van der Waals surface area contributed by atoms with Crippen molar-refractivity contribution in [2.24, 2.45) is 11.8 Å². The number of allylic oxidation sites excluding steroid dienone is 3. The molecule has 0 radical (unpaired) electrons. The fourth-order valence-electron chi connectivity index (χ4n) is 10.2. The van der Waals surface area contributed by atoms with Crippen LogP contribution in [0.4, 0.5) is 23.5 Å². The Morgan fingerprint density at radius 1 is 1.03 bits per heavy atom. The number of amides is 2. The number of rotatable bonds is 18. The Balaban J connectivity index is 0.829. The molecule has 0 bridgehead atoms. The average molecular weight is 1050 g/mol. The second-order valence-corrected chi connectivity index (χ2v) is 25.1. The van der Waals surface area contributed by atoms with Gasteiger partial charge in [0.2, 0.25) is 21.9 Å². The fourth-order valence-corrected chi connectivity index (χ4v) is 13.9. The van der Waals surface area contributed by atoms with Crippen molar-refractivity contribution in [1.82, 2.24) is 39.7 Å². The number of carbonyl (C=O) groups is 2. The van der Waals surface area contributed by atoms with Crippen molar-refractivity contribution < 1.29 is 40.7 Å². The maximum atomic E-state index is 15.2. The number of alkyl halides is 4. The van der Waals surface area contributed by atoms with E-state index >= 15 is 4.39 Å². The number of thiazole rings is 1. The van der Waals surface area contributed by atoms with Crippen LogP contribution in [0, 0.1) is 18.8 Å². The average Bonchev–Trinajstić information content (AvgIpc) is 3.76. The first-order valence-corrected chi connectivity index (χ1v) is 28.0. The van der Waals surface area contributed by atoms with Gasteiger partial charge in [-0.3, -0.25) is 14.5 Å². The van der Waals surface area contributed by atoms with Gasteiger partial charge in [-0.1, -0.05) is 36.8 Å². The smallest absolute Gasteiger partial charge is 0.391 e. The lowest BCUT2D eigenvalue weighted by molar-refractivity contribution is -0.139. The van der Waals surface area contributed by atoms with Crippen LogP contribution in [0.1, 0.15) is 101 Å². The zero-order valence-electron chi connectivity index (χ0n) is 41.1. The second kappa shape index (κ2) is 21.8. The number of piperidine rings is 2. The van der Waals surface area contributed by atoms with Crippen molar-refractivity contribution in [3.05, 3.63) is 81.6 Å². The summed E-state index contributed by atoms with van der Waals surface area (Å²) >= 11 is 3.26. The molecule has 8 rings (SSSR count). The van der Waals surface area contributed by atoms with Crippen LogP contribution < -0.4 is 16.0 Å². The Morgan fingerprint density at radius 2 is 1.73 bits per heavy atom. The number of carbonyl (C=O) groups excluding carboxylic acids is 2. The van der Waals surface area contributed by atoms with Gasteiger partial charge in [0.25, 0.3) is 5.91 Å². The minimum atomic E-state index is -4.54. The van der Waals surface area contributed by atoms with Crippen LogP contribution in [0.25, 0.3) is 5.57 Å². The van der Waals surface area contributed by atoms with E-state index < -0.39 is 50.2 Å². The van der Waals surface area contributed by atoms with E-state index in [1.165, 1.54) is 20.3 Å². The van der Waals surface area contributed by atoms with Gasteiger partial charge in [0.15, 0.2) is 5.67 Å². The molecule has 2 amide bonds. The molecule has 0 spiro atoms. The highest BCUT2D eigenvalue weighted by molar-refractivity contribution is 8.00. The number of nitrogens with one attached hydrogen (secondary N) is 3. The first kappa shape index (κ1) is 53.3. The van der Waals surface area contributed by atoms with Crippen LogP contribution in [-0.2, 0) is 32.3 Å². The molecule has 2 aromatic heterocycles. The number of aliphatic hydroxyl groups is 1. The SMILES string of the molecule is Cc1ncsc1C1=CC=C([C@H](C)NC[C@@H]2C[C@@H](O)CN2C(=O)[C@@H](NC(=O)C2(F)CC2)C(C)(C)SCC2CCN(Cc3cccc(S(=O)(=O)N4CCC(Nc5ncc(C(F)(F)F)cn5)CC4)c3)CC2)C(C)C1. The zero-order chi connectivity index (χ0) is 50.9. The summed E-state index contributed by atoms with van der Waals surface area (Å²) in [6.45, 7) is 13.4. The lowest BCUT2D eigenvalue weighted by atomic mass is 9.84. The lowest BCUT2D eigenvalue weighted by Crippen LogP contribution is -2.60. The van der Waals surface area contributed by atoms with Gasteiger partial charge in [-0.25, -0.2) is 27.8 Å². The molecule has 1 unspecified atom stereocenters. The number of halogens is 4. The highest BCUT2D eigenvalue weighted by Crippen LogP contribution is 2.42. The van der Waals surface area contributed by atoms with Gasteiger partial charge in [0.1, 0.15) is 6.04 Å². The molecular weight excluding hydrogens is 979 g/mol. The number of sulfonamides is 1. The maximum absolute atomic E-state index is 15.2. The number of thioether (sulfide) groups is 1. The van der Waals surface area contributed by atoms with Crippen LogP contribution in [0.3, 0.4) is 0 Å². The van der Waals surface area contributed by atoms with Gasteiger partial charge in [0.05, 0.1) is 32.6 Å². The van der Waals surface area contributed by atoms with Crippen molar-refractivity contribution in [2.45, 2.75) is 144 Å². The van der Waals surface area contributed by atoms with E-state index in [2.05, 4.69) is 61.8 Å². The third-order valence-corrected chi connectivity index (χ3v) is 19.4. The Labute approximate surface area is 423 Å². The number of likely N-dealkylation sites (tertiary alicyclic amines) is 2. The van der Waals surface area contributed by atoms with Crippen LogP contribution >= 0.6 is 23.1 Å². The lowest BCUT2D eigenvalue weighted by Gasteiger charge is -2.39. The Kier molecular flexibility index (Phi) is 16.4. The first-order valence-electron chi connectivity index (χ1n) is 24.7. The molecule has 3 aliphatic heterocycles. The number of hydrogen-bond donors (Lipinski definition) is 4. The van der Waals surface area contributed by atoms with Crippen LogP contribution in [-0.4, -0.2) is 140 Å². The topological polar surface area (TPSA) is 173 Å². The van der Waals surface area contributed by atoms with Gasteiger partial charge < -0.3 is 26.0 Å². The molecule has 4 fully saturated rings. The third kappa shape index (κ3) is 12.9. The summed E-state index contributed by atoms with van der Waals surface area (Å²) < 4.78 is 82.2. The van der Waals surface area contributed by atoms with Gasteiger partial charge in [-0.15, -0.1) is 11.3 Å². The minimum Gasteiger partial charge on any atom is -0.391 e. The summed E-state index contributed by atoms with van der Waals surface area (Å²) in [5.41, 5.74) is 3.42. The van der Waals surface area contributed by atoms with E-state index in [9.17, 15) is 36.3 Å². The molecule has 1 aromatic carbocycles. The predicted octanol–water partition coefficient (Wildman–Crippen LogP) is 7.23. The number of aliphatic hydroxyl groups excluding tert-OH is 1. The summed E-state index contributed by atoms with van der Waals surface area (Å²) in [5.74, 6) is 0.314. The first-order chi connectivity index (χ1) is 33.6. The molecule has 3 aromatic rings. The summed E-state index contributed by atoms with van der Waals surface area (Å²) in [7, 11) is -3.80. The summed E-state index contributed by atoms with van der Waals surface area (Å²) in [6.07, 6.45) is 4.72. The molecule has 2 aliphatic carbocycles. The van der Waals surface area contributed by atoms with Crippen molar-refractivity contribution in [2.75, 3.05) is 50.3 Å². The van der Waals surface area contributed by atoms with Crippen molar-refractivity contribution in [3.8, 4) is 0 Å². The number of benzene rings is 1. The van der Waals surface area contributed by atoms with E-state index in [0.717, 1.165) is 61.8 Å². The number of aryl methyl sites for hydroxylation is 1.